The molecule has 10 heteroatoms. The van der Waals surface area contributed by atoms with Crippen molar-refractivity contribution in [2.75, 3.05) is 0 Å². The molecule has 2 heterocycles. The van der Waals surface area contributed by atoms with Crippen molar-refractivity contribution < 1.29 is 22.5 Å². The number of amides is 1. The number of aromatic nitrogens is 4. The van der Waals surface area contributed by atoms with Crippen LogP contribution in [0.5, 0.6) is 0 Å². The molecule has 27 heavy (non-hydrogen) atoms. The van der Waals surface area contributed by atoms with E-state index in [1.54, 1.807) is 41.2 Å². The van der Waals surface area contributed by atoms with Crippen molar-refractivity contribution in [3.05, 3.63) is 53.7 Å². The summed E-state index contributed by atoms with van der Waals surface area (Å²) in [6.45, 7) is 0.414. The first-order chi connectivity index (χ1) is 12.9. The molecule has 1 aliphatic rings. The van der Waals surface area contributed by atoms with E-state index in [4.69, 9.17) is 0 Å². The molecule has 2 aromatic heterocycles. The Labute approximate surface area is 151 Å². The van der Waals surface area contributed by atoms with Crippen LogP contribution in [-0.2, 0) is 12.7 Å². The fourth-order valence-corrected chi connectivity index (χ4v) is 2.46. The third kappa shape index (κ3) is 3.99. The average molecular weight is 377 g/mol. The van der Waals surface area contributed by atoms with E-state index < -0.39 is 12.1 Å². The highest BCUT2D eigenvalue weighted by molar-refractivity contribution is 5.92. The Bertz CT molecular complexity index is 958. The first-order valence-electron chi connectivity index (χ1n) is 8.23. The number of nitrogens with zero attached hydrogens (tertiary/aromatic N) is 4. The number of nitrogens with one attached hydrogen (secondary N) is 1. The van der Waals surface area contributed by atoms with E-state index in [2.05, 4.69) is 25.1 Å². The van der Waals surface area contributed by atoms with Gasteiger partial charge in [-0.1, -0.05) is 29.4 Å². The molecule has 1 amide bonds. The third-order valence-corrected chi connectivity index (χ3v) is 4.01. The van der Waals surface area contributed by atoms with Gasteiger partial charge in [0, 0.05) is 17.8 Å². The van der Waals surface area contributed by atoms with Gasteiger partial charge in [-0.05, 0) is 24.5 Å². The molecule has 0 radical (unpaired) electrons. The van der Waals surface area contributed by atoms with Crippen molar-refractivity contribution in [3.8, 4) is 11.4 Å². The summed E-state index contributed by atoms with van der Waals surface area (Å²) in [5, 5.41) is 10.5. The van der Waals surface area contributed by atoms with Crippen LogP contribution in [0.3, 0.4) is 0 Å². The molecule has 140 valence electrons. The fraction of sp³-hybridized carbons (Fsp3) is 0.294. The second-order valence-electron chi connectivity index (χ2n) is 6.26. The van der Waals surface area contributed by atoms with Gasteiger partial charge in [0.05, 0.1) is 6.54 Å². The van der Waals surface area contributed by atoms with Crippen LogP contribution in [0.25, 0.3) is 11.4 Å². The van der Waals surface area contributed by atoms with Crippen LogP contribution in [0.15, 0.2) is 41.1 Å². The van der Waals surface area contributed by atoms with Crippen molar-refractivity contribution >= 4 is 5.91 Å². The van der Waals surface area contributed by atoms with Crippen molar-refractivity contribution in [1.29, 1.82) is 0 Å². The SMILES string of the molecule is O=C(NC1CC1)c1ccn(Cc2ccc(-c3noc(C(F)(F)F)n3)cc2)n1. The maximum absolute atomic E-state index is 12.5. The van der Waals surface area contributed by atoms with Gasteiger partial charge in [-0.25, -0.2) is 0 Å². The zero-order chi connectivity index (χ0) is 19.0. The second kappa shape index (κ2) is 6.53. The zero-order valence-electron chi connectivity index (χ0n) is 13.9. The molecular formula is C17H14F3N5O2. The lowest BCUT2D eigenvalue weighted by Crippen LogP contribution is -2.25. The molecule has 1 aromatic carbocycles. The van der Waals surface area contributed by atoms with E-state index in [0.717, 1.165) is 18.4 Å². The lowest BCUT2D eigenvalue weighted by atomic mass is 10.1. The van der Waals surface area contributed by atoms with Gasteiger partial charge in [-0.3, -0.25) is 9.48 Å². The summed E-state index contributed by atoms with van der Waals surface area (Å²) < 4.78 is 43.4. The van der Waals surface area contributed by atoms with Gasteiger partial charge < -0.3 is 9.84 Å². The molecule has 0 unspecified atom stereocenters. The quantitative estimate of drug-likeness (QED) is 0.739. The minimum Gasteiger partial charge on any atom is -0.348 e. The molecule has 1 fully saturated rings. The Kier molecular flexibility index (Phi) is 4.17. The number of rotatable bonds is 5. The Hall–Kier alpha value is -3.17. The van der Waals surface area contributed by atoms with E-state index in [-0.39, 0.29) is 17.8 Å². The maximum atomic E-state index is 12.5. The Morgan fingerprint density at radius 3 is 2.59 bits per heavy atom. The number of carbonyl (C=O) groups is 1. The van der Waals surface area contributed by atoms with E-state index >= 15 is 0 Å². The minimum absolute atomic E-state index is 0.132. The molecule has 3 aromatic rings. The van der Waals surface area contributed by atoms with Gasteiger partial charge in [0.15, 0.2) is 0 Å². The number of carbonyl (C=O) groups excluding carboxylic acids is 1. The predicted molar refractivity (Wildman–Crippen MR) is 86.6 cm³/mol. The largest absolute Gasteiger partial charge is 0.471 e. The minimum atomic E-state index is -4.67. The summed E-state index contributed by atoms with van der Waals surface area (Å²) in [4.78, 5) is 15.3. The maximum Gasteiger partial charge on any atom is 0.471 e. The number of hydrogen-bond acceptors (Lipinski definition) is 5. The van der Waals surface area contributed by atoms with E-state index in [0.29, 0.717) is 17.8 Å². The normalized spacial score (nSPS) is 14.3. The summed E-state index contributed by atoms with van der Waals surface area (Å²) >= 11 is 0. The molecule has 0 spiro atoms. The number of alkyl halides is 3. The number of hydrogen-bond donors (Lipinski definition) is 1. The smallest absolute Gasteiger partial charge is 0.348 e. The highest BCUT2D eigenvalue weighted by Gasteiger charge is 2.38. The lowest BCUT2D eigenvalue weighted by Gasteiger charge is -2.03. The van der Waals surface area contributed by atoms with Crippen molar-refractivity contribution in [3.63, 3.8) is 0 Å². The molecule has 7 nitrogen and oxygen atoms in total. The molecule has 1 aliphatic carbocycles. The summed E-state index contributed by atoms with van der Waals surface area (Å²) in [7, 11) is 0. The topological polar surface area (TPSA) is 85.8 Å². The second-order valence-corrected chi connectivity index (χ2v) is 6.26. The van der Waals surface area contributed by atoms with Crippen LogP contribution in [0.2, 0.25) is 0 Å². The summed E-state index contributed by atoms with van der Waals surface area (Å²) in [5.41, 5.74) is 1.61. The molecule has 1 saturated carbocycles. The van der Waals surface area contributed by atoms with Gasteiger partial charge in [-0.15, -0.1) is 0 Å². The van der Waals surface area contributed by atoms with Crippen LogP contribution in [-0.4, -0.2) is 31.9 Å². The molecule has 0 saturated heterocycles. The Morgan fingerprint density at radius 1 is 1.22 bits per heavy atom. The van der Waals surface area contributed by atoms with Crippen LogP contribution >= 0.6 is 0 Å². The van der Waals surface area contributed by atoms with Gasteiger partial charge in [-0.2, -0.15) is 23.3 Å². The lowest BCUT2D eigenvalue weighted by molar-refractivity contribution is -0.159. The summed E-state index contributed by atoms with van der Waals surface area (Å²) in [6, 6.07) is 8.56. The van der Waals surface area contributed by atoms with Crippen LogP contribution in [0, 0.1) is 0 Å². The van der Waals surface area contributed by atoms with Crippen LogP contribution in [0.1, 0.15) is 34.8 Å². The molecule has 1 N–H and O–H groups in total. The predicted octanol–water partition coefficient (Wildman–Crippen LogP) is 2.89. The van der Waals surface area contributed by atoms with Crippen molar-refractivity contribution in [2.45, 2.75) is 31.6 Å². The zero-order valence-corrected chi connectivity index (χ0v) is 13.9. The van der Waals surface area contributed by atoms with Gasteiger partial charge >= 0.3 is 12.1 Å². The third-order valence-electron chi connectivity index (χ3n) is 4.01. The highest BCUT2D eigenvalue weighted by atomic mass is 19.4. The van der Waals surface area contributed by atoms with Crippen LogP contribution < -0.4 is 5.32 Å². The van der Waals surface area contributed by atoms with Gasteiger partial charge in [0.2, 0.25) is 5.82 Å². The standard InChI is InChI=1S/C17H14F3N5O2/c18-17(19,20)16-22-14(24-27-16)11-3-1-10(2-4-11)9-25-8-7-13(23-25)15(26)21-12-5-6-12/h1-4,7-8,12H,5-6,9H2,(H,21,26). The highest BCUT2D eigenvalue weighted by Crippen LogP contribution is 2.29. The first-order valence-corrected chi connectivity index (χ1v) is 8.23. The molecule has 0 aliphatic heterocycles. The monoisotopic (exact) mass is 377 g/mol. The number of halogens is 3. The summed E-state index contributed by atoms with van der Waals surface area (Å²) in [6.07, 6.45) is -0.966. The first kappa shape index (κ1) is 17.3. The van der Waals surface area contributed by atoms with Crippen LogP contribution in [0.4, 0.5) is 13.2 Å². The summed E-state index contributed by atoms with van der Waals surface area (Å²) in [5.74, 6) is -1.70. The van der Waals surface area contributed by atoms with Gasteiger partial charge in [0.1, 0.15) is 5.69 Å². The van der Waals surface area contributed by atoms with Crippen molar-refractivity contribution in [2.24, 2.45) is 0 Å². The molecule has 4 rings (SSSR count). The Morgan fingerprint density at radius 2 is 1.96 bits per heavy atom. The van der Waals surface area contributed by atoms with E-state index in [1.807, 2.05) is 0 Å². The average Bonchev–Trinajstić information content (AvgIpc) is 3.12. The molecular weight excluding hydrogens is 363 g/mol. The molecule has 0 atom stereocenters. The van der Waals surface area contributed by atoms with E-state index in [9.17, 15) is 18.0 Å². The van der Waals surface area contributed by atoms with Crippen molar-refractivity contribution in [1.82, 2.24) is 25.2 Å². The fourth-order valence-electron chi connectivity index (χ4n) is 2.46. The Balaban J connectivity index is 1.43. The van der Waals surface area contributed by atoms with Gasteiger partial charge in [0.25, 0.3) is 5.91 Å². The number of benzene rings is 1. The molecule has 0 bridgehead atoms. The van der Waals surface area contributed by atoms with E-state index in [1.165, 1.54) is 0 Å².